The molecule has 0 aromatic carbocycles. The molecular formula is C12H17NO5. The minimum absolute atomic E-state index is 0.178. The maximum absolute atomic E-state index is 11.6. The molecule has 0 radical (unpaired) electrons. The van der Waals surface area contributed by atoms with Gasteiger partial charge in [0.25, 0.3) is 5.91 Å². The average Bonchev–Trinajstić information content (AvgIpc) is 2.91. The lowest BCUT2D eigenvalue weighted by Gasteiger charge is -2.33. The summed E-state index contributed by atoms with van der Waals surface area (Å²) in [6.07, 6.45) is 0.457. The monoisotopic (exact) mass is 255 g/mol. The minimum atomic E-state index is -0.638. The maximum Gasteiger partial charge on any atom is 0.286 e. The number of amides is 1. The van der Waals surface area contributed by atoms with Gasteiger partial charge in [0, 0.05) is 19.6 Å². The summed E-state index contributed by atoms with van der Waals surface area (Å²) in [5, 5.41) is 12.7. The van der Waals surface area contributed by atoms with Crippen molar-refractivity contribution in [2.24, 2.45) is 5.92 Å². The van der Waals surface area contributed by atoms with Crippen molar-refractivity contribution in [3.05, 3.63) is 24.2 Å². The van der Waals surface area contributed by atoms with E-state index in [1.807, 2.05) is 0 Å². The highest BCUT2D eigenvalue weighted by Gasteiger charge is 2.32. The van der Waals surface area contributed by atoms with Gasteiger partial charge in [0.15, 0.2) is 5.76 Å². The van der Waals surface area contributed by atoms with Crippen LogP contribution in [-0.2, 0) is 9.47 Å². The van der Waals surface area contributed by atoms with Gasteiger partial charge in [-0.3, -0.25) is 4.79 Å². The summed E-state index contributed by atoms with van der Waals surface area (Å²) in [4.78, 5) is 11.6. The Kier molecular flexibility index (Phi) is 4.35. The van der Waals surface area contributed by atoms with Crippen molar-refractivity contribution < 1.29 is 23.8 Å². The molecule has 1 aliphatic rings. The van der Waals surface area contributed by atoms with Crippen LogP contribution in [-0.4, -0.2) is 50.1 Å². The molecule has 2 N–H and O–H groups in total. The van der Waals surface area contributed by atoms with Gasteiger partial charge in [0.05, 0.1) is 25.6 Å². The van der Waals surface area contributed by atoms with E-state index in [9.17, 15) is 9.90 Å². The SMILES string of the molecule is CO[C@@H]1COC[C@@H](CNC(=O)c2ccco2)[C@@H]1O. The molecule has 6 heteroatoms. The third-order valence-corrected chi connectivity index (χ3v) is 3.05. The number of ether oxygens (including phenoxy) is 2. The van der Waals surface area contributed by atoms with Gasteiger partial charge >= 0.3 is 0 Å². The molecule has 18 heavy (non-hydrogen) atoms. The molecule has 1 aromatic rings. The summed E-state index contributed by atoms with van der Waals surface area (Å²) < 4.78 is 15.4. The van der Waals surface area contributed by atoms with E-state index in [4.69, 9.17) is 13.9 Å². The molecule has 2 rings (SSSR count). The first-order valence-electron chi connectivity index (χ1n) is 5.82. The number of nitrogens with one attached hydrogen (secondary N) is 1. The number of hydrogen-bond donors (Lipinski definition) is 2. The third kappa shape index (κ3) is 2.90. The second kappa shape index (κ2) is 5.99. The first-order valence-corrected chi connectivity index (χ1v) is 5.82. The highest BCUT2D eigenvalue weighted by Crippen LogP contribution is 2.16. The Morgan fingerprint density at radius 3 is 3.11 bits per heavy atom. The summed E-state index contributed by atoms with van der Waals surface area (Å²) >= 11 is 0. The van der Waals surface area contributed by atoms with Crippen molar-refractivity contribution in [3.63, 3.8) is 0 Å². The zero-order valence-electron chi connectivity index (χ0n) is 10.2. The average molecular weight is 255 g/mol. The van der Waals surface area contributed by atoms with E-state index in [1.165, 1.54) is 13.4 Å². The van der Waals surface area contributed by atoms with Crippen molar-refractivity contribution in [1.29, 1.82) is 0 Å². The fourth-order valence-electron chi connectivity index (χ4n) is 1.94. The van der Waals surface area contributed by atoms with Crippen molar-refractivity contribution >= 4 is 5.91 Å². The smallest absolute Gasteiger partial charge is 0.286 e. The standard InChI is InChI=1S/C12H17NO5/c1-16-10-7-17-6-8(11(10)14)5-13-12(15)9-3-2-4-18-9/h2-4,8,10-11,14H,5-7H2,1H3,(H,13,15)/t8-,10-,11+/m1/s1. The summed E-state index contributed by atoms with van der Waals surface area (Å²) in [7, 11) is 1.53. The summed E-state index contributed by atoms with van der Waals surface area (Å²) in [5.74, 6) is -0.223. The van der Waals surface area contributed by atoms with Gasteiger partial charge in [-0.05, 0) is 12.1 Å². The zero-order chi connectivity index (χ0) is 13.0. The second-order valence-electron chi connectivity index (χ2n) is 4.25. The van der Waals surface area contributed by atoms with Crippen LogP contribution in [0.2, 0.25) is 0 Å². The number of methoxy groups -OCH3 is 1. The number of carbonyl (C=O) groups excluding carboxylic acids is 1. The Hall–Kier alpha value is -1.37. The molecule has 6 nitrogen and oxygen atoms in total. The number of carbonyl (C=O) groups is 1. The number of rotatable bonds is 4. The molecule has 100 valence electrons. The molecule has 0 bridgehead atoms. The maximum atomic E-state index is 11.6. The Morgan fingerprint density at radius 2 is 2.44 bits per heavy atom. The molecule has 2 heterocycles. The van der Waals surface area contributed by atoms with Gasteiger partial charge in [0.1, 0.15) is 6.10 Å². The van der Waals surface area contributed by atoms with Gasteiger partial charge < -0.3 is 24.3 Å². The summed E-state index contributed by atoms with van der Waals surface area (Å²) in [5.41, 5.74) is 0. The van der Waals surface area contributed by atoms with Crippen LogP contribution in [0.5, 0.6) is 0 Å². The van der Waals surface area contributed by atoms with Crippen LogP contribution in [0.1, 0.15) is 10.6 Å². The molecule has 1 aliphatic heterocycles. The van der Waals surface area contributed by atoms with Crippen LogP contribution in [0, 0.1) is 5.92 Å². The van der Waals surface area contributed by atoms with E-state index < -0.39 is 6.10 Å². The number of hydrogen-bond acceptors (Lipinski definition) is 5. The van der Waals surface area contributed by atoms with Crippen LogP contribution in [0.3, 0.4) is 0 Å². The molecule has 1 amide bonds. The van der Waals surface area contributed by atoms with Crippen molar-refractivity contribution in [1.82, 2.24) is 5.32 Å². The first-order chi connectivity index (χ1) is 8.72. The molecule has 1 fully saturated rings. The highest BCUT2D eigenvalue weighted by molar-refractivity contribution is 5.91. The largest absolute Gasteiger partial charge is 0.459 e. The van der Waals surface area contributed by atoms with Crippen LogP contribution in [0.25, 0.3) is 0 Å². The number of aliphatic hydroxyl groups excluding tert-OH is 1. The molecule has 0 unspecified atom stereocenters. The fourth-order valence-corrected chi connectivity index (χ4v) is 1.94. The van der Waals surface area contributed by atoms with E-state index in [0.717, 1.165) is 0 Å². The lowest BCUT2D eigenvalue weighted by Crippen LogP contribution is -2.49. The van der Waals surface area contributed by atoms with Gasteiger partial charge in [-0.15, -0.1) is 0 Å². The molecule has 0 spiro atoms. The van der Waals surface area contributed by atoms with Gasteiger partial charge in [-0.25, -0.2) is 0 Å². The Bertz CT molecular complexity index is 378. The predicted octanol–water partition coefficient (Wildman–Crippen LogP) is 0.0317. The number of furan rings is 1. The van der Waals surface area contributed by atoms with Crippen LogP contribution >= 0.6 is 0 Å². The van der Waals surface area contributed by atoms with Crippen molar-refractivity contribution in [2.45, 2.75) is 12.2 Å². The first kappa shape index (κ1) is 13.1. The van der Waals surface area contributed by atoms with Crippen LogP contribution in [0.4, 0.5) is 0 Å². The van der Waals surface area contributed by atoms with E-state index in [1.54, 1.807) is 12.1 Å². The van der Waals surface area contributed by atoms with Crippen molar-refractivity contribution in [2.75, 3.05) is 26.9 Å². The Balaban J connectivity index is 1.84. The topological polar surface area (TPSA) is 80.9 Å². The molecule has 3 atom stereocenters. The molecule has 1 aromatic heterocycles. The minimum Gasteiger partial charge on any atom is -0.459 e. The molecule has 0 saturated carbocycles. The van der Waals surface area contributed by atoms with Gasteiger partial charge in [0.2, 0.25) is 0 Å². The quantitative estimate of drug-likeness (QED) is 0.793. The lowest BCUT2D eigenvalue weighted by molar-refractivity contribution is -0.132. The zero-order valence-corrected chi connectivity index (χ0v) is 10.2. The number of aliphatic hydroxyl groups is 1. The predicted molar refractivity (Wildman–Crippen MR) is 62.2 cm³/mol. The molecule has 1 saturated heterocycles. The lowest BCUT2D eigenvalue weighted by atomic mass is 9.96. The van der Waals surface area contributed by atoms with E-state index in [0.29, 0.717) is 19.8 Å². The summed E-state index contributed by atoms with van der Waals surface area (Å²) in [6, 6.07) is 3.23. The Labute approximate surface area is 105 Å². The van der Waals surface area contributed by atoms with Crippen molar-refractivity contribution in [3.8, 4) is 0 Å². The second-order valence-corrected chi connectivity index (χ2v) is 4.25. The molecule has 0 aliphatic carbocycles. The highest BCUT2D eigenvalue weighted by atomic mass is 16.5. The Morgan fingerprint density at radius 1 is 1.61 bits per heavy atom. The molecular weight excluding hydrogens is 238 g/mol. The van der Waals surface area contributed by atoms with Crippen LogP contribution in [0.15, 0.2) is 22.8 Å². The van der Waals surface area contributed by atoms with Gasteiger partial charge in [-0.2, -0.15) is 0 Å². The fraction of sp³-hybridized carbons (Fsp3) is 0.583. The third-order valence-electron chi connectivity index (χ3n) is 3.05. The van der Waals surface area contributed by atoms with Gasteiger partial charge in [-0.1, -0.05) is 0 Å². The van der Waals surface area contributed by atoms with E-state index in [2.05, 4.69) is 5.32 Å². The summed E-state index contributed by atoms with van der Waals surface area (Å²) in [6.45, 7) is 1.10. The normalized spacial score (nSPS) is 28.0. The van der Waals surface area contributed by atoms with E-state index in [-0.39, 0.29) is 23.7 Å². The van der Waals surface area contributed by atoms with E-state index >= 15 is 0 Å². The van der Waals surface area contributed by atoms with Crippen LogP contribution < -0.4 is 5.32 Å².